The van der Waals surface area contributed by atoms with E-state index in [0.29, 0.717) is 0 Å². The van der Waals surface area contributed by atoms with Crippen LogP contribution in [0.15, 0.2) is 18.6 Å². The fourth-order valence-electron chi connectivity index (χ4n) is 1.49. The topological polar surface area (TPSA) is 25.8 Å². The van der Waals surface area contributed by atoms with Crippen molar-refractivity contribution in [3.8, 4) is 0 Å². The molecule has 0 N–H and O–H groups in total. The van der Waals surface area contributed by atoms with Crippen molar-refractivity contribution in [1.29, 1.82) is 0 Å². The van der Waals surface area contributed by atoms with E-state index in [1.165, 1.54) is 43.4 Å². The molecule has 0 saturated carbocycles. The van der Waals surface area contributed by atoms with Crippen molar-refractivity contribution in [2.24, 2.45) is 0 Å². The smallest absolute Gasteiger partial charge is 0.0812 e. The van der Waals surface area contributed by atoms with Crippen LogP contribution in [0.5, 0.6) is 0 Å². The van der Waals surface area contributed by atoms with E-state index in [1.807, 2.05) is 12.4 Å². The third-order valence-corrected chi connectivity index (χ3v) is 5.03. The van der Waals surface area contributed by atoms with Crippen LogP contribution in [-0.2, 0) is 0 Å². The van der Waals surface area contributed by atoms with Gasteiger partial charge in [-0.25, -0.2) is 0 Å². The SMILES string of the molecule is CCCCP(CCCC)c1cnccn1. The normalized spacial score (nSPS) is 10.9. The number of hydrogen-bond acceptors (Lipinski definition) is 2. The molecule has 0 amide bonds. The molecule has 1 rings (SSSR count). The molecular weight excluding hydrogens is 203 g/mol. The van der Waals surface area contributed by atoms with E-state index < -0.39 is 0 Å². The van der Waals surface area contributed by atoms with Crippen LogP contribution in [0.2, 0.25) is 0 Å². The molecule has 1 aromatic heterocycles. The fourth-order valence-corrected chi connectivity index (χ4v) is 4.03. The highest BCUT2D eigenvalue weighted by atomic mass is 31.1. The van der Waals surface area contributed by atoms with E-state index in [4.69, 9.17) is 0 Å². The van der Waals surface area contributed by atoms with Crippen molar-refractivity contribution in [1.82, 2.24) is 9.97 Å². The van der Waals surface area contributed by atoms with E-state index in [9.17, 15) is 0 Å². The highest BCUT2D eigenvalue weighted by molar-refractivity contribution is 7.65. The Morgan fingerprint density at radius 1 is 1.07 bits per heavy atom. The molecule has 2 nitrogen and oxygen atoms in total. The maximum atomic E-state index is 4.45. The van der Waals surface area contributed by atoms with Crippen molar-refractivity contribution >= 4 is 13.4 Å². The summed E-state index contributed by atoms with van der Waals surface area (Å²) in [6, 6.07) is 0. The summed E-state index contributed by atoms with van der Waals surface area (Å²) in [4.78, 5) is 8.63. The van der Waals surface area contributed by atoms with Crippen LogP contribution >= 0.6 is 7.92 Å². The maximum Gasteiger partial charge on any atom is 0.0812 e. The molecule has 15 heavy (non-hydrogen) atoms. The molecule has 84 valence electrons. The lowest BCUT2D eigenvalue weighted by Crippen LogP contribution is -2.11. The number of nitrogens with zero attached hydrogens (tertiary/aromatic N) is 2. The van der Waals surface area contributed by atoms with E-state index >= 15 is 0 Å². The molecule has 0 aliphatic heterocycles. The zero-order chi connectivity index (χ0) is 10.9. The molecular formula is C12H21N2P. The maximum absolute atomic E-state index is 4.45. The summed E-state index contributed by atoms with van der Waals surface area (Å²) >= 11 is 0. The lowest BCUT2D eigenvalue weighted by Gasteiger charge is -2.15. The molecule has 0 fully saturated rings. The summed E-state index contributed by atoms with van der Waals surface area (Å²) in [6.07, 6.45) is 13.4. The summed E-state index contributed by atoms with van der Waals surface area (Å²) in [5.74, 6) is 0. The number of aromatic nitrogens is 2. The lowest BCUT2D eigenvalue weighted by atomic mass is 10.4. The minimum Gasteiger partial charge on any atom is -0.261 e. The number of unbranched alkanes of at least 4 members (excludes halogenated alkanes) is 2. The van der Waals surface area contributed by atoms with Crippen molar-refractivity contribution in [3.63, 3.8) is 0 Å². The van der Waals surface area contributed by atoms with Crippen LogP contribution in [0.4, 0.5) is 0 Å². The molecule has 0 spiro atoms. The van der Waals surface area contributed by atoms with Crippen LogP contribution < -0.4 is 5.44 Å². The number of hydrogen-bond donors (Lipinski definition) is 0. The van der Waals surface area contributed by atoms with Crippen LogP contribution in [0, 0.1) is 0 Å². The minimum absolute atomic E-state index is 0.0412. The molecule has 1 aromatic rings. The Balaban J connectivity index is 2.55. The van der Waals surface area contributed by atoms with Crippen LogP contribution in [-0.4, -0.2) is 22.3 Å². The van der Waals surface area contributed by atoms with Crippen molar-refractivity contribution in [2.75, 3.05) is 12.3 Å². The molecule has 0 atom stereocenters. The second-order valence-corrected chi connectivity index (χ2v) is 6.19. The molecule has 0 saturated heterocycles. The Morgan fingerprint density at radius 2 is 1.73 bits per heavy atom. The monoisotopic (exact) mass is 224 g/mol. The summed E-state index contributed by atoms with van der Waals surface area (Å²) in [7, 11) is -0.0412. The summed E-state index contributed by atoms with van der Waals surface area (Å²) in [5, 5.41) is 0. The van der Waals surface area contributed by atoms with Crippen LogP contribution in [0.3, 0.4) is 0 Å². The van der Waals surface area contributed by atoms with E-state index in [0.717, 1.165) is 0 Å². The van der Waals surface area contributed by atoms with Crippen LogP contribution in [0.1, 0.15) is 39.5 Å². The van der Waals surface area contributed by atoms with E-state index in [-0.39, 0.29) is 7.92 Å². The zero-order valence-corrected chi connectivity index (χ0v) is 10.7. The van der Waals surface area contributed by atoms with Gasteiger partial charge in [0.05, 0.1) is 11.6 Å². The van der Waals surface area contributed by atoms with Crippen molar-refractivity contribution in [3.05, 3.63) is 18.6 Å². The Hall–Kier alpha value is -0.490. The second-order valence-electron chi connectivity index (χ2n) is 3.76. The largest absolute Gasteiger partial charge is 0.261 e. The van der Waals surface area contributed by atoms with Gasteiger partial charge < -0.3 is 0 Å². The van der Waals surface area contributed by atoms with Gasteiger partial charge in [-0.1, -0.05) is 34.6 Å². The molecule has 0 aromatic carbocycles. The first-order chi connectivity index (χ1) is 7.38. The van der Waals surface area contributed by atoms with Gasteiger partial charge >= 0.3 is 0 Å². The first-order valence-electron chi connectivity index (χ1n) is 5.89. The van der Waals surface area contributed by atoms with Crippen molar-refractivity contribution in [2.45, 2.75) is 39.5 Å². The number of rotatable bonds is 7. The molecule has 0 aliphatic carbocycles. The van der Waals surface area contributed by atoms with Gasteiger partial charge in [-0.3, -0.25) is 9.97 Å². The van der Waals surface area contributed by atoms with E-state index in [2.05, 4.69) is 23.8 Å². The molecule has 0 radical (unpaired) electrons. The summed E-state index contributed by atoms with van der Waals surface area (Å²) in [5.41, 5.74) is 1.24. The average molecular weight is 224 g/mol. The quantitative estimate of drug-likeness (QED) is 0.665. The van der Waals surface area contributed by atoms with Gasteiger partial charge in [-0.15, -0.1) is 0 Å². The lowest BCUT2D eigenvalue weighted by molar-refractivity contribution is 0.870. The third kappa shape index (κ3) is 4.70. The van der Waals surface area contributed by atoms with Gasteiger partial charge in [-0.2, -0.15) is 0 Å². The molecule has 0 aliphatic rings. The fraction of sp³-hybridized carbons (Fsp3) is 0.667. The first-order valence-corrected chi connectivity index (χ1v) is 7.60. The van der Waals surface area contributed by atoms with Gasteiger partial charge in [0.2, 0.25) is 0 Å². The Labute approximate surface area is 94.3 Å². The Bertz CT molecular complexity index is 243. The Morgan fingerprint density at radius 3 is 2.20 bits per heavy atom. The van der Waals surface area contributed by atoms with E-state index in [1.54, 1.807) is 6.20 Å². The summed E-state index contributed by atoms with van der Waals surface area (Å²) in [6.45, 7) is 4.51. The van der Waals surface area contributed by atoms with Gasteiger partial charge in [0, 0.05) is 12.4 Å². The van der Waals surface area contributed by atoms with Crippen LogP contribution in [0.25, 0.3) is 0 Å². The Kier molecular flexibility index (Phi) is 6.50. The highest BCUT2D eigenvalue weighted by Gasteiger charge is 2.10. The second kappa shape index (κ2) is 7.76. The van der Waals surface area contributed by atoms with Gasteiger partial charge in [-0.05, 0) is 25.2 Å². The summed E-state index contributed by atoms with van der Waals surface area (Å²) < 4.78 is 0. The average Bonchev–Trinajstić information content (AvgIpc) is 2.30. The predicted molar refractivity (Wildman–Crippen MR) is 68.1 cm³/mol. The van der Waals surface area contributed by atoms with Gasteiger partial charge in [0.15, 0.2) is 0 Å². The van der Waals surface area contributed by atoms with Gasteiger partial charge in [0.1, 0.15) is 0 Å². The molecule has 0 unspecified atom stereocenters. The zero-order valence-electron chi connectivity index (χ0n) is 9.82. The standard InChI is InChI=1S/C12H21N2P/c1-3-5-9-15(10-6-4-2)12-11-13-7-8-14-12/h7-8,11H,3-6,9-10H2,1-2H3. The highest BCUT2D eigenvalue weighted by Crippen LogP contribution is 2.35. The molecule has 1 heterocycles. The third-order valence-electron chi connectivity index (χ3n) is 2.44. The minimum atomic E-state index is -0.0412. The molecule has 3 heteroatoms. The first kappa shape index (κ1) is 12.6. The molecule has 0 bridgehead atoms. The van der Waals surface area contributed by atoms with Gasteiger partial charge in [0.25, 0.3) is 0 Å². The predicted octanol–water partition coefficient (Wildman–Crippen LogP) is 3.18. The van der Waals surface area contributed by atoms with Crippen molar-refractivity contribution < 1.29 is 0 Å².